The number of hydrogen-bond donors (Lipinski definition) is 2. The molecule has 1 heterocycles. The Morgan fingerprint density at radius 3 is 2.74 bits per heavy atom. The lowest BCUT2D eigenvalue weighted by Crippen LogP contribution is -2.29. The third-order valence-corrected chi connectivity index (χ3v) is 4.42. The maximum atomic E-state index is 13.5. The Morgan fingerprint density at radius 1 is 1.23 bits per heavy atom. The molecule has 3 rings (SSSR count). The number of anilines is 2. The number of fused-ring (bicyclic) bond motifs is 1. The quantitative estimate of drug-likeness (QED) is 0.404. The van der Waals surface area contributed by atoms with Crippen molar-refractivity contribution < 1.29 is 23.5 Å². The number of rotatable bonds is 8. The smallest absolute Gasteiger partial charge is 0.261 e. The highest BCUT2D eigenvalue weighted by Gasteiger charge is 2.18. The summed E-state index contributed by atoms with van der Waals surface area (Å²) in [6, 6.07) is 7.17. The van der Waals surface area contributed by atoms with Gasteiger partial charge in [0, 0.05) is 24.2 Å². The van der Waals surface area contributed by atoms with E-state index in [1.165, 1.54) is 37.7 Å². The van der Waals surface area contributed by atoms with Gasteiger partial charge in [-0.05, 0) is 30.3 Å². The summed E-state index contributed by atoms with van der Waals surface area (Å²) in [5, 5.41) is 5.64. The van der Waals surface area contributed by atoms with E-state index >= 15 is 0 Å². The monoisotopic (exact) mass is 444 g/mol. The molecule has 160 valence electrons. The zero-order valence-electron chi connectivity index (χ0n) is 16.4. The number of nitrogens with zero attached hydrogens (tertiary/aromatic N) is 2. The molecule has 31 heavy (non-hydrogen) atoms. The molecule has 0 spiro atoms. The number of imide groups is 1. The molecule has 0 fully saturated rings. The van der Waals surface area contributed by atoms with Crippen molar-refractivity contribution >= 4 is 45.8 Å². The van der Waals surface area contributed by atoms with Crippen molar-refractivity contribution in [2.75, 3.05) is 25.6 Å². The molecule has 0 aliphatic carbocycles. The van der Waals surface area contributed by atoms with Crippen molar-refractivity contribution in [3.8, 4) is 5.75 Å². The second-order valence-electron chi connectivity index (χ2n) is 6.21. The van der Waals surface area contributed by atoms with Crippen molar-refractivity contribution in [1.29, 1.82) is 0 Å². The van der Waals surface area contributed by atoms with Gasteiger partial charge in [-0.1, -0.05) is 18.2 Å². The number of nitrogens with one attached hydrogen (secondary N) is 2. The van der Waals surface area contributed by atoms with E-state index in [-0.39, 0.29) is 22.9 Å². The molecule has 0 saturated carbocycles. The maximum absolute atomic E-state index is 13.5. The first-order valence-electron chi connectivity index (χ1n) is 9.03. The van der Waals surface area contributed by atoms with Gasteiger partial charge >= 0.3 is 0 Å². The minimum Gasteiger partial charge on any atom is -0.490 e. The van der Waals surface area contributed by atoms with E-state index in [1.807, 2.05) is 0 Å². The summed E-state index contributed by atoms with van der Waals surface area (Å²) in [4.78, 5) is 32.7. The predicted molar refractivity (Wildman–Crippen MR) is 114 cm³/mol. The average Bonchev–Trinajstić information content (AvgIpc) is 2.76. The van der Waals surface area contributed by atoms with Crippen LogP contribution in [-0.2, 0) is 9.53 Å². The Labute approximate surface area is 182 Å². The van der Waals surface area contributed by atoms with Crippen LogP contribution < -0.4 is 15.4 Å². The lowest BCUT2D eigenvalue weighted by molar-refractivity contribution is -0.115. The molecule has 8 nitrogen and oxygen atoms in total. The fourth-order valence-electron chi connectivity index (χ4n) is 2.66. The van der Waals surface area contributed by atoms with Gasteiger partial charge in [0.05, 0.1) is 22.7 Å². The Hall–Kier alpha value is -3.56. The van der Waals surface area contributed by atoms with Crippen molar-refractivity contribution in [2.45, 2.75) is 0 Å². The molecule has 0 unspecified atom stereocenters. The van der Waals surface area contributed by atoms with Crippen LogP contribution in [0.2, 0.25) is 5.02 Å². The Balaban J connectivity index is 2.05. The first kappa shape index (κ1) is 22.1. The van der Waals surface area contributed by atoms with Gasteiger partial charge in [-0.3, -0.25) is 14.9 Å². The van der Waals surface area contributed by atoms with Crippen LogP contribution >= 0.6 is 11.6 Å². The Bertz CT molecular complexity index is 1160. The molecule has 0 aliphatic rings. The summed E-state index contributed by atoms with van der Waals surface area (Å²) in [6.45, 7) is 3.82. The van der Waals surface area contributed by atoms with E-state index in [1.54, 1.807) is 6.07 Å². The van der Waals surface area contributed by atoms with Gasteiger partial charge in [-0.15, -0.1) is 0 Å². The summed E-state index contributed by atoms with van der Waals surface area (Å²) in [5.74, 6) is -1.33. The predicted octanol–water partition coefficient (Wildman–Crippen LogP) is 3.63. The number of hydrogen-bond acceptors (Lipinski definition) is 7. The van der Waals surface area contributed by atoms with E-state index in [9.17, 15) is 14.0 Å². The second kappa shape index (κ2) is 9.96. The molecular weight excluding hydrogens is 427 g/mol. The zero-order valence-corrected chi connectivity index (χ0v) is 17.2. The van der Waals surface area contributed by atoms with Crippen LogP contribution in [0, 0.1) is 5.82 Å². The fraction of sp³-hybridized carbons (Fsp3) is 0.143. The van der Waals surface area contributed by atoms with E-state index in [4.69, 9.17) is 21.1 Å². The van der Waals surface area contributed by atoms with Crippen LogP contribution in [0.3, 0.4) is 0 Å². The zero-order chi connectivity index (χ0) is 22.4. The van der Waals surface area contributed by atoms with Crippen LogP contribution in [0.15, 0.2) is 49.3 Å². The molecule has 1 aromatic heterocycles. The first-order valence-corrected chi connectivity index (χ1v) is 9.41. The van der Waals surface area contributed by atoms with E-state index in [2.05, 4.69) is 27.2 Å². The Morgan fingerprint density at radius 2 is 2.03 bits per heavy atom. The minimum absolute atomic E-state index is 0.0554. The van der Waals surface area contributed by atoms with E-state index in [0.717, 1.165) is 6.08 Å². The normalized spacial score (nSPS) is 10.5. The summed E-state index contributed by atoms with van der Waals surface area (Å²) in [7, 11) is 1.52. The summed E-state index contributed by atoms with van der Waals surface area (Å²) in [5.41, 5.74) is 1.05. The largest absolute Gasteiger partial charge is 0.490 e. The van der Waals surface area contributed by atoms with Gasteiger partial charge in [0.1, 0.15) is 30.3 Å². The van der Waals surface area contributed by atoms with Gasteiger partial charge in [0.2, 0.25) is 5.91 Å². The van der Waals surface area contributed by atoms with Crippen molar-refractivity contribution in [3.63, 3.8) is 0 Å². The molecule has 10 heteroatoms. The maximum Gasteiger partial charge on any atom is 0.261 e. The van der Waals surface area contributed by atoms with Gasteiger partial charge < -0.3 is 14.8 Å². The summed E-state index contributed by atoms with van der Waals surface area (Å²) < 4.78 is 24.1. The van der Waals surface area contributed by atoms with Crippen LogP contribution in [0.5, 0.6) is 5.75 Å². The summed E-state index contributed by atoms with van der Waals surface area (Å²) in [6.07, 6.45) is 2.31. The van der Waals surface area contributed by atoms with Crippen LogP contribution in [0.4, 0.5) is 15.9 Å². The van der Waals surface area contributed by atoms with Gasteiger partial charge in [0.25, 0.3) is 5.91 Å². The third-order valence-electron chi connectivity index (χ3n) is 4.13. The molecule has 3 aromatic rings. The molecule has 0 radical (unpaired) electrons. The standard InChI is InChI=1S/C21H18ClFN4O4/c1-3-19(28)27-21(29)14-9-13-17(10-18(14)31-7-6-30-2)24-11-25-20(13)26-12-4-5-16(23)15(22)8-12/h3-5,8-11H,1,6-7H2,2H3,(H,24,25,26)(H,27,28,29). The molecule has 2 aromatic carbocycles. The second-order valence-corrected chi connectivity index (χ2v) is 6.61. The average molecular weight is 445 g/mol. The number of carbonyl (C=O) groups is 2. The van der Waals surface area contributed by atoms with Crippen LogP contribution in [0.1, 0.15) is 10.4 Å². The number of halogens is 2. The minimum atomic E-state index is -0.682. The van der Waals surface area contributed by atoms with Crippen LogP contribution in [0.25, 0.3) is 10.9 Å². The highest BCUT2D eigenvalue weighted by Crippen LogP contribution is 2.31. The van der Waals surface area contributed by atoms with Gasteiger partial charge in [0.15, 0.2) is 0 Å². The topological polar surface area (TPSA) is 102 Å². The van der Waals surface area contributed by atoms with Gasteiger partial charge in [-0.25, -0.2) is 14.4 Å². The first-order chi connectivity index (χ1) is 14.9. The highest BCUT2D eigenvalue weighted by atomic mass is 35.5. The van der Waals surface area contributed by atoms with E-state index in [0.29, 0.717) is 29.0 Å². The van der Waals surface area contributed by atoms with Crippen molar-refractivity contribution in [3.05, 3.63) is 65.7 Å². The lowest BCUT2D eigenvalue weighted by atomic mass is 10.1. The highest BCUT2D eigenvalue weighted by molar-refractivity contribution is 6.31. The van der Waals surface area contributed by atoms with Crippen LogP contribution in [-0.4, -0.2) is 42.1 Å². The molecular formula is C21H18ClFN4O4. The third kappa shape index (κ3) is 5.33. The molecule has 2 amide bonds. The molecule has 0 aliphatic heterocycles. The molecule has 2 N–H and O–H groups in total. The van der Waals surface area contributed by atoms with Gasteiger partial charge in [-0.2, -0.15) is 0 Å². The fourth-order valence-corrected chi connectivity index (χ4v) is 2.84. The number of benzene rings is 2. The molecule has 0 saturated heterocycles. The number of aromatic nitrogens is 2. The molecule has 0 bridgehead atoms. The molecule has 0 atom stereocenters. The number of ether oxygens (including phenoxy) is 2. The lowest BCUT2D eigenvalue weighted by Gasteiger charge is -2.14. The summed E-state index contributed by atoms with van der Waals surface area (Å²) >= 11 is 5.84. The van der Waals surface area contributed by atoms with E-state index < -0.39 is 17.6 Å². The number of methoxy groups -OCH3 is 1. The Kier molecular flexibility index (Phi) is 7.11. The SMILES string of the molecule is C=CC(=O)NC(=O)c1cc2c(Nc3ccc(F)c(Cl)c3)ncnc2cc1OCCOC. The van der Waals surface area contributed by atoms with Crippen molar-refractivity contribution in [1.82, 2.24) is 15.3 Å². The number of amides is 2. The number of carbonyl (C=O) groups excluding carboxylic acids is 2. The van der Waals surface area contributed by atoms with Crippen molar-refractivity contribution in [2.24, 2.45) is 0 Å².